The van der Waals surface area contributed by atoms with Gasteiger partial charge in [0.1, 0.15) is 11.9 Å². The molecule has 4 unspecified atom stereocenters. The zero-order valence-electron chi connectivity index (χ0n) is 11.6. The van der Waals surface area contributed by atoms with E-state index in [-0.39, 0.29) is 18.1 Å². The van der Waals surface area contributed by atoms with E-state index in [9.17, 15) is 4.79 Å². The minimum atomic E-state index is -0.107. The molecule has 2 fully saturated rings. The fourth-order valence-corrected chi connectivity index (χ4v) is 2.85. The van der Waals surface area contributed by atoms with Crippen LogP contribution in [0.15, 0.2) is 24.3 Å². The molecule has 0 radical (unpaired) electrons. The van der Waals surface area contributed by atoms with Crippen LogP contribution in [0, 0.1) is 5.92 Å². The van der Waals surface area contributed by atoms with Crippen LogP contribution in [-0.4, -0.2) is 30.0 Å². The van der Waals surface area contributed by atoms with Crippen molar-refractivity contribution in [3.8, 4) is 5.75 Å². The van der Waals surface area contributed by atoms with E-state index in [0.717, 1.165) is 17.7 Å². The molecule has 1 aromatic rings. The summed E-state index contributed by atoms with van der Waals surface area (Å²) in [6, 6.07) is 8.23. The Morgan fingerprint density at radius 1 is 1.37 bits per heavy atom. The van der Waals surface area contributed by atoms with E-state index in [1.807, 2.05) is 36.1 Å². The van der Waals surface area contributed by atoms with Crippen molar-refractivity contribution in [2.75, 3.05) is 7.11 Å². The molecule has 1 amide bonds. The predicted molar refractivity (Wildman–Crippen MR) is 72.7 cm³/mol. The standard InChI is InChI=1S/C15H20N2O2/c1-9-7-13(9)17-14(16-10(2)15(17)18)11-5-4-6-12(8-11)19-3/h4-6,8-10,13-14,16H,7H2,1-3H3. The maximum Gasteiger partial charge on any atom is 0.241 e. The van der Waals surface area contributed by atoms with E-state index in [2.05, 4.69) is 12.2 Å². The molecule has 2 aliphatic rings. The van der Waals surface area contributed by atoms with E-state index in [1.54, 1.807) is 7.11 Å². The number of carbonyl (C=O) groups excluding carboxylic acids is 1. The van der Waals surface area contributed by atoms with Crippen LogP contribution in [0.1, 0.15) is 32.0 Å². The van der Waals surface area contributed by atoms with Crippen molar-refractivity contribution in [2.24, 2.45) is 5.92 Å². The highest BCUT2D eigenvalue weighted by Crippen LogP contribution is 2.42. The number of rotatable bonds is 3. The number of benzene rings is 1. The molecule has 4 nitrogen and oxygen atoms in total. The number of nitrogens with one attached hydrogen (secondary N) is 1. The average molecular weight is 260 g/mol. The van der Waals surface area contributed by atoms with Crippen LogP contribution in [0.25, 0.3) is 0 Å². The van der Waals surface area contributed by atoms with Gasteiger partial charge < -0.3 is 9.64 Å². The van der Waals surface area contributed by atoms with Crippen molar-refractivity contribution in [3.63, 3.8) is 0 Å². The number of carbonyl (C=O) groups is 1. The molecule has 1 aromatic carbocycles. The predicted octanol–water partition coefficient (Wildman–Crippen LogP) is 1.92. The molecular weight excluding hydrogens is 240 g/mol. The number of amides is 1. The summed E-state index contributed by atoms with van der Waals surface area (Å²) in [7, 11) is 1.66. The van der Waals surface area contributed by atoms with Crippen LogP contribution in [-0.2, 0) is 4.79 Å². The summed E-state index contributed by atoms with van der Waals surface area (Å²) in [5.41, 5.74) is 1.09. The van der Waals surface area contributed by atoms with Crippen LogP contribution in [0.5, 0.6) is 5.75 Å². The summed E-state index contributed by atoms with van der Waals surface area (Å²) in [5, 5.41) is 3.38. The lowest BCUT2D eigenvalue weighted by molar-refractivity contribution is -0.130. The van der Waals surface area contributed by atoms with Crippen molar-refractivity contribution in [3.05, 3.63) is 29.8 Å². The third-order valence-electron chi connectivity index (χ3n) is 4.14. The first-order chi connectivity index (χ1) is 9.11. The molecule has 19 heavy (non-hydrogen) atoms. The second kappa shape index (κ2) is 4.53. The highest BCUT2D eigenvalue weighted by molar-refractivity contribution is 5.84. The minimum Gasteiger partial charge on any atom is -0.497 e. The van der Waals surface area contributed by atoms with Gasteiger partial charge in [-0.15, -0.1) is 0 Å². The molecule has 1 heterocycles. The van der Waals surface area contributed by atoms with E-state index in [0.29, 0.717) is 12.0 Å². The molecule has 1 aliphatic carbocycles. The topological polar surface area (TPSA) is 41.6 Å². The molecule has 0 spiro atoms. The van der Waals surface area contributed by atoms with Gasteiger partial charge in [0.2, 0.25) is 5.91 Å². The molecule has 1 N–H and O–H groups in total. The first-order valence-corrected chi connectivity index (χ1v) is 6.84. The van der Waals surface area contributed by atoms with Crippen LogP contribution in [0.3, 0.4) is 0 Å². The van der Waals surface area contributed by atoms with E-state index in [4.69, 9.17) is 4.74 Å². The number of ether oxygens (including phenoxy) is 1. The van der Waals surface area contributed by atoms with Crippen molar-refractivity contribution in [1.82, 2.24) is 10.2 Å². The lowest BCUT2D eigenvalue weighted by Crippen LogP contribution is -2.33. The van der Waals surface area contributed by atoms with Gasteiger partial charge in [0.25, 0.3) is 0 Å². The molecule has 0 bridgehead atoms. The van der Waals surface area contributed by atoms with Gasteiger partial charge in [-0.2, -0.15) is 0 Å². The van der Waals surface area contributed by atoms with Gasteiger partial charge in [-0.3, -0.25) is 10.1 Å². The lowest BCUT2D eigenvalue weighted by atomic mass is 10.1. The zero-order valence-corrected chi connectivity index (χ0v) is 11.6. The van der Waals surface area contributed by atoms with E-state index >= 15 is 0 Å². The SMILES string of the molecule is COc1cccc(C2NC(C)C(=O)N2C2CC2C)c1. The summed E-state index contributed by atoms with van der Waals surface area (Å²) in [6.07, 6.45) is 1.09. The van der Waals surface area contributed by atoms with Gasteiger partial charge in [0, 0.05) is 6.04 Å². The highest BCUT2D eigenvalue weighted by atomic mass is 16.5. The van der Waals surface area contributed by atoms with Gasteiger partial charge in [-0.1, -0.05) is 19.1 Å². The molecule has 1 saturated carbocycles. The summed E-state index contributed by atoms with van der Waals surface area (Å²) in [4.78, 5) is 14.3. The van der Waals surface area contributed by atoms with Gasteiger partial charge in [0.15, 0.2) is 0 Å². The van der Waals surface area contributed by atoms with Crippen molar-refractivity contribution in [2.45, 2.75) is 38.5 Å². The van der Waals surface area contributed by atoms with Crippen LogP contribution in [0.2, 0.25) is 0 Å². The zero-order chi connectivity index (χ0) is 13.6. The van der Waals surface area contributed by atoms with Crippen LogP contribution in [0.4, 0.5) is 0 Å². The van der Waals surface area contributed by atoms with Crippen LogP contribution >= 0.6 is 0 Å². The van der Waals surface area contributed by atoms with E-state index < -0.39 is 0 Å². The Morgan fingerprint density at radius 3 is 2.74 bits per heavy atom. The Bertz CT molecular complexity index is 503. The summed E-state index contributed by atoms with van der Waals surface area (Å²) in [5.74, 6) is 1.65. The quantitative estimate of drug-likeness (QED) is 0.903. The second-order valence-electron chi connectivity index (χ2n) is 5.59. The summed E-state index contributed by atoms with van der Waals surface area (Å²) in [6.45, 7) is 4.13. The summed E-state index contributed by atoms with van der Waals surface area (Å²) >= 11 is 0. The Hall–Kier alpha value is -1.55. The number of hydrogen-bond acceptors (Lipinski definition) is 3. The number of methoxy groups -OCH3 is 1. The normalized spacial score (nSPS) is 33.6. The third kappa shape index (κ3) is 2.10. The Morgan fingerprint density at radius 2 is 2.11 bits per heavy atom. The number of nitrogens with zero attached hydrogens (tertiary/aromatic N) is 1. The molecule has 102 valence electrons. The Balaban J connectivity index is 1.91. The first kappa shape index (κ1) is 12.5. The molecule has 1 aliphatic heterocycles. The fourth-order valence-electron chi connectivity index (χ4n) is 2.85. The maximum atomic E-state index is 12.3. The largest absolute Gasteiger partial charge is 0.497 e. The first-order valence-electron chi connectivity index (χ1n) is 6.84. The monoisotopic (exact) mass is 260 g/mol. The molecule has 3 rings (SSSR count). The van der Waals surface area contributed by atoms with Crippen LogP contribution < -0.4 is 10.1 Å². The Labute approximate surface area is 113 Å². The van der Waals surface area contributed by atoms with Gasteiger partial charge >= 0.3 is 0 Å². The Kier molecular flexibility index (Phi) is 2.97. The van der Waals surface area contributed by atoms with Gasteiger partial charge in [-0.05, 0) is 37.0 Å². The smallest absolute Gasteiger partial charge is 0.241 e. The minimum absolute atomic E-state index is 0.0208. The third-order valence-corrected chi connectivity index (χ3v) is 4.14. The van der Waals surface area contributed by atoms with Gasteiger partial charge in [-0.25, -0.2) is 0 Å². The maximum absolute atomic E-state index is 12.3. The van der Waals surface area contributed by atoms with E-state index in [1.165, 1.54) is 0 Å². The second-order valence-corrected chi connectivity index (χ2v) is 5.59. The molecular formula is C15H20N2O2. The summed E-state index contributed by atoms with van der Waals surface area (Å²) < 4.78 is 5.27. The molecule has 1 saturated heterocycles. The highest BCUT2D eigenvalue weighted by Gasteiger charge is 2.49. The van der Waals surface area contributed by atoms with Gasteiger partial charge in [0.05, 0.1) is 13.2 Å². The fraction of sp³-hybridized carbons (Fsp3) is 0.533. The molecule has 0 aromatic heterocycles. The molecule has 4 atom stereocenters. The number of hydrogen-bond donors (Lipinski definition) is 1. The lowest BCUT2D eigenvalue weighted by Gasteiger charge is -2.25. The van der Waals surface area contributed by atoms with Crippen molar-refractivity contribution >= 4 is 5.91 Å². The average Bonchev–Trinajstić information content (AvgIpc) is 3.06. The van der Waals surface area contributed by atoms with Crippen molar-refractivity contribution in [1.29, 1.82) is 0 Å². The molecule has 4 heteroatoms. The van der Waals surface area contributed by atoms with Crippen molar-refractivity contribution < 1.29 is 9.53 Å².